The number of Topliss-reactive ketones (excluding diaryl/α,β-unsaturated/α-hetero) is 1. The van der Waals surface area contributed by atoms with Gasteiger partial charge in [-0.1, -0.05) is 40.2 Å². The predicted octanol–water partition coefficient (Wildman–Crippen LogP) is 4.79. The second-order valence-corrected chi connectivity index (χ2v) is 9.22. The van der Waals surface area contributed by atoms with E-state index in [4.69, 9.17) is 9.47 Å². The van der Waals surface area contributed by atoms with E-state index in [2.05, 4.69) is 33.8 Å². The lowest BCUT2D eigenvalue weighted by Gasteiger charge is -2.46. The fourth-order valence-corrected chi connectivity index (χ4v) is 6.35. The molecule has 3 heteroatoms. The summed E-state index contributed by atoms with van der Waals surface area (Å²) >= 11 is 0. The van der Waals surface area contributed by atoms with Gasteiger partial charge in [0.05, 0.1) is 14.2 Å². The van der Waals surface area contributed by atoms with Gasteiger partial charge in [-0.2, -0.15) is 0 Å². The first-order valence-corrected chi connectivity index (χ1v) is 9.57. The van der Waals surface area contributed by atoms with Crippen molar-refractivity contribution in [2.24, 2.45) is 10.8 Å². The van der Waals surface area contributed by atoms with Crippen LogP contribution < -0.4 is 9.47 Å². The summed E-state index contributed by atoms with van der Waals surface area (Å²) in [5, 5.41) is 0. The molecule has 2 atom stereocenters. The summed E-state index contributed by atoms with van der Waals surface area (Å²) in [4.78, 5) is 13.3. The normalized spacial score (nSPS) is 31.9. The van der Waals surface area contributed by atoms with Gasteiger partial charge in [-0.25, -0.2) is 0 Å². The maximum atomic E-state index is 13.3. The maximum absolute atomic E-state index is 13.3. The Bertz CT molecular complexity index is 761. The summed E-state index contributed by atoms with van der Waals surface area (Å²) in [6.45, 7) is 8.92. The van der Waals surface area contributed by atoms with Gasteiger partial charge >= 0.3 is 0 Å². The van der Waals surface area contributed by atoms with Gasteiger partial charge in [-0.3, -0.25) is 4.79 Å². The molecule has 0 saturated heterocycles. The minimum absolute atomic E-state index is 0.0342. The van der Waals surface area contributed by atoms with Gasteiger partial charge in [0.25, 0.3) is 0 Å². The van der Waals surface area contributed by atoms with Gasteiger partial charge in [0.15, 0.2) is 11.5 Å². The Balaban J connectivity index is 2.01. The number of ketones is 1. The molecule has 2 fully saturated rings. The van der Waals surface area contributed by atoms with Crippen LogP contribution in [0.4, 0.5) is 0 Å². The Morgan fingerprint density at radius 1 is 1.08 bits per heavy atom. The number of ether oxygens (including phenoxy) is 2. The molecule has 0 bridgehead atoms. The highest BCUT2D eigenvalue weighted by Gasteiger charge is 2.80. The molecule has 0 unspecified atom stereocenters. The summed E-state index contributed by atoms with van der Waals surface area (Å²) in [5.41, 5.74) is 3.44. The van der Waals surface area contributed by atoms with Crippen LogP contribution in [-0.4, -0.2) is 20.0 Å². The van der Waals surface area contributed by atoms with Gasteiger partial charge in [-0.05, 0) is 36.2 Å². The largest absolute Gasteiger partial charge is 0.493 e. The van der Waals surface area contributed by atoms with Crippen LogP contribution in [0.2, 0.25) is 0 Å². The lowest BCUT2D eigenvalue weighted by Crippen LogP contribution is -2.46. The number of carbonyl (C=O) groups excluding carboxylic acids is 1. The van der Waals surface area contributed by atoms with E-state index >= 15 is 0 Å². The zero-order valence-electron chi connectivity index (χ0n) is 16.4. The number of methoxy groups -OCH3 is 2. The van der Waals surface area contributed by atoms with Crippen molar-refractivity contribution in [3.05, 3.63) is 22.8 Å². The Morgan fingerprint density at radius 2 is 1.76 bits per heavy atom. The quantitative estimate of drug-likeness (QED) is 0.792. The fraction of sp³-hybridized carbons (Fsp3) is 0.682. The van der Waals surface area contributed by atoms with Crippen LogP contribution in [-0.2, 0) is 16.6 Å². The fourth-order valence-electron chi connectivity index (χ4n) is 6.35. The van der Waals surface area contributed by atoms with E-state index in [0.29, 0.717) is 18.1 Å². The molecular formula is C22H30O3. The first-order chi connectivity index (χ1) is 11.8. The Labute approximate surface area is 151 Å². The molecule has 0 amide bonds. The number of benzene rings is 1. The molecule has 25 heavy (non-hydrogen) atoms. The van der Waals surface area contributed by atoms with Crippen LogP contribution in [0.1, 0.15) is 76.0 Å². The third-order valence-electron chi connectivity index (χ3n) is 7.50. The smallest absolute Gasteiger partial charge is 0.165 e. The van der Waals surface area contributed by atoms with E-state index in [9.17, 15) is 4.79 Å². The van der Waals surface area contributed by atoms with Crippen LogP contribution in [0.25, 0.3) is 0 Å². The van der Waals surface area contributed by atoms with Crippen molar-refractivity contribution in [3.63, 3.8) is 0 Å². The molecule has 4 rings (SSSR count). The van der Waals surface area contributed by atoms with Crippen LogP contribution in [0.5, 0.6) is 11.5 Å². The average Bonchev–Trinajstić information content (AvgIpc) is 3.26. The molecule has 3 aliphatic carbocycles. The van der Waals surface area contributed by atoms with E-state index in [0.717, 1.165) is 36.3 Å². The maximum Gasteiger partial charge on any atom is 0.165 e. The van der Waals surface area contributed by atoms with Crippen molar-refractivity contribution in [1.29, 1.82) is 0 Å². The number of hydrogen-bond acceptors (Lipinski definition) is 3. The number of carbonyl (C=O) groups is 1. The Hall–Kier alpha value is -1.51. The molecule has 1 aromatic rings. The summed E-state index contributed by atoms with van der Waals surface area (Å²) in [6.07, 6.45) is 4.94. The molecule has 3 nitrogen and oxygen atoms in total. The zero-order valence-corrected chi connectivity index (χ0v) is 16.4. The van der Waals surface area contributed by atoms with E-state index in [-0.39, 0.29) is 16.2 Å². The van der Waals surface area contributed by atoms with Gasteiger partial charge in [0, 0.05) is 28.4 Å². The van der Waals surface area contributed by atoms with Crippen molar-refractivity contribution in [2.45, 2.75) is 71.1 Å². The van der Waals surface area contributed by atoms with Crippen molar-refractivity contribution in [3.8, 4) is 11.5 Å². The highest BCUT2D eigenvalue weighted by molar-refractivity contribution is 5.97. The molecule has 1 aromatic carbocycles. The summed E-state index contributed by atoms with van der Waals surface area (Å²) < 4.78 is 11.7. The first-order valence-electron chi connectivity index (χ1n) is 9.57. The summed E-state index contributed by atoms with van der Waals surface area (Å²) in [6, 6.07) is 2.22. The van der Waals surface area contributed by atoms with E-state index in [1.54, 1.807) is 14.2 Å². The number of fused-ring (bicyclic) bond motifs is 1. The molecule has 2 saturated carbocycles. The zero-order chi connectivity index (χ0) is 18.2. The molecule has 0 radical (unpaired) electrons. The molecule has 0 spiro atoms. The standard InChI is InChI=1S/C22H30O3/c1-13(2)15-10-14-11-16(23)22-12-21(22,9-7-8-20(22,3)4)17(14)19(25-6)18(15)24-5/h10,13H,7-9,11-12H2,1-6H3/t21-,22+/m0/s1. The molecule has 0 N–H and O–H groups in total. The van der Waals surface area contributed by atoms with Gasteiger partial charge < -0.3 is 9.47 Å². The summed E-state index contributed by atoms with van der Waals surface area (Å²) in [7, 11) is 3.47. The Morgan fingerprint density at radius 3 is 2.36 bits per heavy atom. The topological polar surface area (TPSA) is 35.5 Å². The van der Waals surface area contributed by atoms with E-state index < -0.39 is 0 Å². The molecule has 136 valence electrons. The minimum atomic E-state index is -0.192. The van der Waals surface area contributed by atoms with Crippen LogP contribution in [0, 0.1) is 10.8 Å². The number of rotatable bonds is 3. The Kier molecular flexibility index (Phi) is 3.40. The summed E-state index contributed by atoms with van der Waals surface area (Å²) in [5.74, 6) is 2.53. The molecular weight excluding hydrogens is 312 g/mol. The van der Waals surface area contributed by atoms with Crippen molar-refractivity contribution >= 4 is 5.78 Å². The molecule has 0 aromatic heterocycles. The van der Waals surface area contributed by atoms with Crippen molar-refractivity contribution in [1.82, 2.24) is 0 Å². The van der Waals surface area contributed by atoms with E-state index in [1.807, 2.05) is 0 Å². The van der Waals surface area contributed by atoms with Crippen LogP contribution in [0.3, 0.4) is 0 Å². The monoisotopic (exact) mass is 342 g/mol. The lowest BCUT2D eigenvalue weighted by molar-refractivity contribution is -0.131. The van der Waals surface area contributed by atoms with Crippen molar-refractivity contribution < 1.29 is 14.3 Å². The first kappa shape index (κ1) is 16.9. The highest BCUT2D eigenvalue weighted by Crippen LogP contribution is 2.81. The predicted molar refractivity (Wildman–Crippen MR) is 98.7 cm³/mol. The second-order valence-electron chi connectivity index (χ2n) is 9.22. The van der Waals surface area contributed by atoms with Gasteiger partial charge in [0.2, 0.25) is 0 Å². The minimum Gasteiger partial charge on any atom is -0.493 e. The molecule has 0 heterocycles. The average molecular weight is 342 g/mol. The van der Waals surface area contributed by atoms with Crippen molar-refractivity contribution in [2.75, 3.05) is 14.2 Å². The second kappa shape index (κ2) is 5.02. The SMILES string of the molecule is COc1c(C(C)C)cc2c(c1OC)[C@@]13CCCC(C)(C)[C@@]1(C3)C(=O)C2. The lowest BCUT2D eigenvalue weighted by atomic mass is 9.56. The van der Waals surface area contributed by atoms with Gasteiger partial charge in [0.1, 0.15) is 5.78 Å². The molecule has 0 aliphatic heterocycles. The van der Waals surface area contributed by atoms with Gasteiger partial charge in [-0.15, -0.1) is 0 Å². The number of hydrogen-bond donors (Lipinski definition) is 0. The van der Waals surface area contributed by atoms with E-state index in [1.165, 1.54) is 17.5 Å². The third-order valence-corrected chi connectivity index (χ3v) is 7.50. The highest BCUT2D eigenvalue weighted by atomic mass is 16.5. The molecule has 3 aliphatic rings. The van der Waals surface area contributed by atoms with Crippen LogP contribution in [0.15, 0.2) is 6.07 Å². The third kappa shape index (κ3) is 1.80. The van der Waals surface area contributed by atoms with Crippen LogP contribution >= 0.6 is 0 Å².